The summed E-state index contributed by atoms with van der Waals surface area (Å²) < 4.78 is 13.3. The van der Waals surface area contributed by atoms with Crippen LogP contribution in [-0.2, 0) is 12.8 Å². The monoisotopic (exact) mass is 297 g/mol. The van der Waals surface area contributed by atoms with Gasteiger partial charge in [-0.2, -0.15) is 0 Å². The van der Waals surface area contributed by atoms with Crippen LogP contribution in [0.15, 0.2) is 42.5 Å². The number of hydrogen-bond donors (Lipinski definition) is 1. The third-order valence-electron chi connectivity index (χ3n) is 2.92. The molecule has 0 amide bonds. The van der Waals surface area contributed by atoms with Crippen molar-refractivity contribution in [1.82, 2.24) is 0 Å². The van der Waals surface area contributed by atoms with E-state index in [0.29, 0.717) is 17.9 Å². The van der Waals surface area contributed by atoms with Gasteiger partial charge in [0, 0.05) is 11.1 Å². The van der Waals surface area contributed by atoms with Gasteiger partial charge >= 0.3 is 0 Å². The molecule has 0 aromatic heterocycles. The molecule has 100 valence electrons. The van der Waals surface area contributed by atoms with Gasteiger partial charge in [0.25, 0.3) is 0 Å². The molecular weight excluding hydrogens is 284 g/mol. The highest BCUT2D eigenvalue weighted by Gasteiger charge is 2.09. The molecule has 0 spiro atoms. The first-order chi connectivity index (χ1) is 9.06. The molecule has 1 atom stereocenters. The molecule has 19 heavy (non-hydrogen) atoms. The number of halogens is 3. The number of nitrogens with two attached hydrogens (primary N) is 1. The Morgan fingerprint density at radius 1 is 1.00 bits per heavy atom. The summed E-state index contributed by atoms with van der Waals surface area (Å²) >= 11 is 11.7. The second kappa shape index (κ2) is 6.38. The SMILES string of the molecule is NC(Cc1ccc(Cl)c(F)c1)Cc1ccccc1Cl. The molecule has 2 N–H and O–H groups in total. The van der Waals surface area contributed by atoms with Crippen molar-refractivity contribution in [2.24, 2.45) is 5.73 Å². The second-order valence-corrected chi connectivity index (χ2v) is 5.32. The predicted octanol–water partition coefficient (Wildman–Crippen LogP) is 4.25. The third kappa shape index (κ3) is 3.93. The summed E-state index contributed by atoms with van der Waals surface area (Å²) in [6.45, 7) is 0. The third-order valence-corrected chi connectivity index (χ3v) is 3.60. The van der Waals surface area contributed by atoms with Crippen molar-refractivity contribution < 1.29 is 4.39 Å². The van der Waals surface area contributed by atoms with Crippen molar-refractivity contribution in [1.29, 1.82) is 0 Å². The minimum absolute atomic E-state index is 0.111. The van der Waals surface area contributed by atoms with E-state index >= 15 is 0 Å². The molecule has 0 aliphatic carbocycles. The quantitative estimate of drug-likeness (QED) is 0.897. The highest BCUT2D eigenvalue weighted by molar-refractivity contribution is 6.31. The Kier molecular flexibility index (Phi) is 4.81. The van der Waals surface area contributed by atoms with Gasteiger partial charge in [0.05, 0.1) is 5.02 Å². The van der Waals surface area contributed by atoms with Crippen LogP contribution < -0.4 is 5.73 Å². The molecule has 0 saturated carbocycles. The molecule has 0 saturated heterocycles. The lowest BCUT2D eigenvalue weighted by atomic mass is 10.00. The average molecular weight is 298 g/mol. The Bertz CT molecular complexity index is 572. The van der Waals surface area contributed by atoms with Gasteiger partial charge in [0.1, 0.15) is 5.82 Å². The lowest BCUT2D eigenvalue weighted by molar-refractivity contribution is 0.618. The topological polar surface area (TPSA) is 26.0 Å². The lowest BCUT2D eigenvalue weighted by Crippen LogP contribution is -2.25. The molecular formula is C15H14Cl2FN. The van der Waals surface area contributed by atoms with E-state index < -0.39 is 5.82 Å². The zero-order valence-electron chi connectivity index (χ0n) is 10.2. The molecule has 4 heteroatoms. The molecule has 0 aliphatic rings. The second-order valence-electron chi connectivity index (χ2n) is 4.51. The van der Waals surface area contributed by atoms with E-state index in [-0.39, 0.29) is 11.1 Å². The molecule has 0 fully saturated rings. The zero-order chi connectivity index (χ0) is 13.8. The van der Waals surface area contributed by atoms with Crippen molar-refractivity contribution in [2.75, 3.05) is 0 Å². The van der Waals surface area contributed by atoms with Gasteiger partial charge in [-0.25, -0.2) is 4.39 Å². The fraction of sp³-hybridized carbons (Fsp3) is 0.200. The number of hydrogen-bond acceptors (Lipinski definition) is 1. The maximum absolute atomic E-state index is 13.3. The molecule has 2 aromatic carbocycles. The van der Waals surface area contributed by atoms with Crippen LogP contribution in [0.2, 0.25) is 10.0 Å². The zero-order valence-corrected chi connectivity index (χ0v) is 11.8. The Hall–Kier alpha value is -1.09. The Morgan fingerprint density at radius 3 is 2.42 bits per heavy atom. The number of rotatable bonds is 4. The van der Waals surface area contributed by atoms with Crippen LogP contribution >= 0.6 is 23.2 Å². The van der Waals surface area contributed by atoms with Crippen LogP contribution in [0, 0.1) is 5.82 Å². The van der Waals surface area contributed by atoms with E-state index in [0.717, 1.165) is 11.1 Å². The van der Waals surface area contributed by atoms with Gasteiger partial charge in [0.15, 0.2) is 0 Å². The van der Waals surface area contributed by atoms with E-state index in [9.17, 15) is 4.39 Å². The summed E-state index contributed by atoms with van der Waals surface area (Å²) in [5.74, 6) is -0.413. The van der Waals surface area contributed by atoms with Gasteiger partial charge in [-0.05, 0) is 42.2 Å². The summed E-state index contributed by atoms with van der Waals surface area (Å²) in [6, 6.07) is 12.2. The minimum atomic E-state index is -0.413. The van der Waals surface area contributed by atoms with Crippen LogP contribution in [-0.4, -0.2) is 6.04 Å². The normalized spacial score (nSPS) is 12.4. The Balaban J connectivity index is 2.03. The molecule has 1 nitrogen and oxygen atoms in total. The standard InChI is InChI=1S/C15H14Cl2FN/c16-13-4-2-1-3-11(13)9-12(19)7-10-5-6-14(17)15(18)8-10/h1-6,8,12H,7,9,19H2. The van der Waals surface area contributed by atoms with E-state index in [1.165, 1.54) is 6.07 Å². The van der Waals surface area contributed by atoms with Gasteiger partial charge < -0.3 is 5.73 Å². The fourth-order valence-electron chi connectivity index (χ4n) is 1.99. The molecule has 0 aliphatic heterocycles. The van der Waals surface area contributed by atoms with E-state index in [4.69, 9.17) is 28.9 Å². The first-order valence-corrected chi connectivity index (χ1v) is 6.75. The Morgan fingerprint density at radius 2 is 1.74 bits per heavy atom. The van der Waals surface area contributed by atoms with Crippen molar-refractivity contribution in [3.05, 3.63) is 69.5 Å². The van der Waals surface area contributed by atoms with E-state index in [1.54, 1.807) is 12.1 Å². The van der Waals surface area contributed by atoms with Crippen LogP contribution in [0.5, 0.6) is 0 Å². The maximum atomic E-state index is 13.3. The van der Waals surface area contributed by atoms with Crippen LogP contribution in [0.25, 0.3) is 0 Å². The molecule has 0 radical (unpaired) electrons. The molecule has 2 aromatic rings. The Labute approximate surface area is 122 Å². The van der Waals surface area contributed by atoms with Crippen molar-refractivity contribution in [2.45, 2.75) is 18.9 Å². The average Bonchev–Trinajstić information content (AvgIpc) is 2.37. The minimum Gasteiger partial charge on any atom is -0.327 e. The van der Waals surface area contributed by atoms with Gasteiger partial charge in [0.2, 0.25) is 0 Å². The van der Waals surface area contributed by atoms with Crippen molar-refractivity contribution >= 4 is 23.2 Å². The number of benzene rings is 2. The van der Waals surface area contributed by atoms with Gasteiger partial charge in [-0.15, -0.1) is 0 Å². The highest BCUT2D eigenvalue weighted by atomic mass is 35.5. The van der Waals surface area contributed by atoms with Crippen LogP contribution in [0.3, 0.4) is 0 Å². The first kappa shape index (κ1) is 14.3. The molecule has 0 bridgehead atoms. The highest BCUT2D eigenvalue weighted by Crippen LogP contribution is 2.19. The lowest BCUT2D eigenvalue weighted by Gasteiger charge is -2.13. The largest absolute Gasteiger partial charge is 0.327 e. The summed E-state index contributed by atoms with van der Waals surface area (Å²) in [5, 5.41) is 0.837. The van der Waals surface area contributed by atoms with Gasteiger partial charge in [-0.3, -0.25) is 0 Å². The van der Waals surface area contributed by atoms with Crippen LogP contribution in [0.1, 0.15) is 11.1 Å². The fourth-order valence-corrected chi connectivity index (χ4v) is 2.32. The molecule has 2 rings (SSSR count). The molecule has 1 unspecified atom stereocenters. The van der Waals surface area contributed by atoms with Gasteiger partial charge in [-0.1, -0.05) is 47.5 Å². The van der Waals surface area contributed by atoms with E-state index in [1.807, 2.05) is 24.3 Å². The summed E-state index contributed by atoms with van der Waals surface area (Å²) in [5.41, 5.74) is 7.92. The first-order valence-electron chi connectivity index (χ1n) is 5.99. The smallest absolute Gasteiger partial charge is 0.142 e. The van der Waals surface area contributed by atoms with Crippen molar-refractivity contribution in [3.63, 3.8) is 0 Å². The van der Waals surface area contributed by atoms with E-state index in [2.05, 4.69) is 0 Å². The summed E-state index contributed by atoms with van der Waals surface area (Å²) in [7, 11) is 0. The summed E-state index contributed by atoms with van der Waals surface area (Å²) in [4.78, 5) is 0. The maximum Gasteiger partial charge on any atom is 0.142 e. The predicted molar refractivity (Wildman–Crippen MR) is 78.2 cm³/mol. The summed E-state index contributed by atoms with van der Waals surface area (Å²) in [6.07, 6.45) is 1.24. The molecule has 0 heterocycles. The van der Waals surface area contributed by atoms with Crippen LogP contribution in [0.4, 0.5) is 4.39 Å². The van der Waals surface area contributed by atoms with Crippen molar-refractivity contribution in [3.8, 4) is 0 Å².